The number of hydrogen-bond donors (Lipinski definition) is 2. The zero-order valence-corrected chi connectivity index (χ0v) is 11.9. The number of amides is 1. The number of carbonyl (C=O) groups excluding carboxylic acids is 1. The predicted molar refractivity (Wildman–Crippen MR) is 80.9 cm³/mol. The molecule has 0 aromatic heterocycles. The van der Waals surface area contributed by atoms with Gasteiger partial charge in [-0.05, 0) is 50.8 Å². The molecule has 1 aliphatic rings. The molecule has 2 rings (SSSR count). The van der Waals surface area contributed by atoms with E-state index in [4.69, 9.17) is 10.5 Å². The third-order valence-electron chi connectivity index (χ3n) is 3.44. The van der Waals surface area contributed by atoms with E-state index < -0.39 is 0 Å². The third kappa shape index (κ3) is 3.76. The highest BCUT2D eigenvalue weighted by molar-refractivity contribution is 5.95. The van der Waals surface area contributed by atoms with Crippen LogP contribution in [0.1, 0.15) is 43.0 Å². The molecule has 108 valence electrons. The maximum absolute atomic E-state index is 12.0. The lowest BCUT2D eigenvalue weighted by Crippen LogP contribution is -2.24. The Hall–Kier alpha value is -1.97. The molecule has 0 saturated carbocycles. The van der Waals surface area contributed by atoms with Crippen LogP contribution in [-0.4, -0.2) is 19.1 Å². The summed E-state index contributed by atoms with van der Waals surface area (Å²) < 4.78 is 5.36. The van der Waals surface area contributed by atoms with Crippen LogP contribution in [0.3, 0.4) is 0 Å². The Morgan fingerprint density at radius 2 is 2.30 bits per heavy atom. The van der Waals surface area contributed by atoms with E-state index in [1.54, 1.807) is 18.2 Å². The largest absolute Gasteiger partial charge is 0.492 e. The molecular weight excluding hydrogens is 252 g/mol. The van der Waals surface area contributed by atoms with Crippen molar-refractivity contribution < 1.29 is 9.53 Å². The Balaban J connectivity index is 1.87. The molecule has 0 atom stereocenters. The van der Waals surface area contributed by atoms with Gasteiger partial charge in [0.25, 0.3) is 5.91 Å². The van der Waals surface area contributed by atoms with Crippen LogP contribution in [0.25, 0.3) is 0 Å². The fraction of sp³-hybridized carbons (Fsp3) is 0.438. The van der Waals surface area contributed by atoms with E-state index >= 15 is 0 Å². The van der Waals surface area contributed by atoms with E-state index in [2.05, 4.69) is 11.4 Å². The molecule has 1 aliphatic carbocycles. The number of rotatable bonds is 6. The highest BCUT2D eigenvalue weighted by atomic mass is 16.5. The number of hydrogen-bond acceptors (Lipinski definition) is 3. The normalized spacial score (nSPS) is 13.9. The van der Waals surface area contributed by atoms with E-state index in [0.717, 1.165) is 6.42 Å². The van der Waals surface area contributed by atoms with Crippen LogP contribution in [0.5, 0.6) is 5.75 Å². The Morgan fingerprint density at radius 1 is 1.45 bits per heavy atom. The molecule has 0 aliphatic heterocycles. The zero-order valence-electron chi connectivity index (χ0n) is 11.9. The molecule has 0 radical (unpaired) electrons. The molecule has 20 heavy (non-hydrogen) atoms. The molecular formula is C16H22N2O2. The van der Waals surface area contributed by atoms with E-state index in [-0.39, 0.29) is 5.91 Å². The van der Waals surface area contributed by atoms with E-state index in [9.17, 15) is 4.79 Å². The van der Waals surface area contributed by atoms with Gasteiger partial charge in [-0.25, -0.2) is 0 Å². The van der Waals surface area contributed by atoms with Crippen molar-refractivity contribution in [2.45, 2.75) is 32.6 Å². The van der Waals surface area contributed by atoms with Gasteiger partial charge >= 0.3 is 0 Å². The second kappa shape index (κ2) is 6.98. The zero-order chi connectivity index (χ0) is 14.4. The van der Waals surface area contributed by atoms with Gasteiger partial charge in [0, 0.05) is 12.1 Å². The van der Waals surface area contributed by atoms with Crippen LogP contribution in [0.2, 0.25) is 0 Å². The Labute approximate surface area is 120 Å². The summed E-state index contributed by atoms with van der Waals surface area (Å²) in [6, 6.07) is 5.15. The summed E-state index contributed by atoms with van der Waals surface area (Å²) in [7, 11) is 0. The minimum Gasteiger partial charge on any atom is -0.492 e. The third-order valence-corrected chi connectivity index (χ3v) is 3.44. The van der Waals surface area contributed by atoms with E-state index in [1.807, 2.05) is 6.92 Å². The van der Waals surface area contributed by atoms with Gasteiger partial charge in [0.1, 0.15) is 5.75 Å². The number of nitrogens with one attached hydrogen (secondary N) is 1. The molecule has 4 heteroatoms. The number of benzene rings is 1. The topological polar surface area (TPSA) is 64.3 Å². The summed E-state index contributed by atoms with van der Waals surface area (Å²) >= 11 is 0. The molecule has 0 unspecified atom stereocenters. The minimum atomic E-state index is -0.0849. The highest BCUT2D eigenvalue weighted by Gasteiger charge is 2.09. The number of anilines is 1. The average Bonchev–Trinajstić information content (AvgIpc) is 2.94. The highest BCUT2D eigenvalue weighted by Crippen LogP contribution is 2.23. The van der Waals surface area contributed by atoms with Crippen LogP contribution in [0.15, 0.2) is 29.8 Å². The smallest absolute Gasteiger partial charge is 0.251 e. The number of carbonyl (C=O) groups is 1. The van der Waals surface area contributed by atoms with Gasteiger partial charge in [-0.15, -0.1) is 0 Å². The molecule has 0 spiro atoms. The molecule has 1 amide bonds. The van der Waals surface area contributed by atoms with Crippen molar-refractivity contribution in [1.82, 2.24) is 5.32 Å². The van der Waals surface area contributed by atoms with Crippen LogP contribution in [0.4, 0.5) is 5.69 Å². The summed E-state index contributed by atoms with van der Waals surface area (Å²) in [6.07, 6.45) is 6.82. The molecule has 0 fully saturated rings. The van der Waals surface area contributed by atoms with Crippen molar-refractivity contribution in [3.8, 4) is 5.75 Å². The van der Waals surface area contributed by atoms with Crippen LogP contribution < -0.4 is 15.8 Å². The van der Waals surface area contributed by atoms with Gasteiger partial charge < -0.3 is 15.8 Å². The second-order valence-corrected chi connectivity index (χ2v) is 4.95. The SMILES string of the molecule is CCOc1ccc(C(=O)NCCC2=CCCC2)cc1N. The lowest BCUT2D eigenvalue weighted by Gasteiger charge is -2.09. The molecule has 1 aromatic carbocycles. The standard InChI is InChI=1S/C16H22N2O2/c1-2-20-15-8-7-13(11-14(15)17)16(19)18-10-9-12-5-3-4-6-12/h5,7-8,11H,2-4,6,9-10,17H2,1H3,(H,18,19). The molecule has 0 saturated heterocycles. The van der Waals surface area contributed by atoms with Crippen LogP contribution >= 0.6 is 0 Å². The van der Waals surface area contributed by atoms with Crippen molar-refractivity contribution in [2.75, 3.05) is 18.9 Å². The number of nitrogens with two attached hydrogens (primary N) is 1. The lowest BCUT2D eigenvalue weighted by molar-refractivity contribution is 0.0954. The number of allylic oxidation sites excluding steroid dienone is 1. The monoisotopic (exact) mass is 274 g/mol. The summed E-state index contributed by atoms with van der Waals surface area (Å²) in [5.41, 5.74) is 8.39. The number of nitrogen functional groups attached to an aromatic ring is 1. The van der Waals surface area contributed by atoms with Crippen molar-refractivity contribution in [1.29, 1.82) is 0 Å². The first-order valence-corrected chi connectivity index (χ1v) is 7.19. The first-order chi connectivity index (χ1) is 9.70. The molecule has 3 N–H and O–H groups in total. The second-order valence-electron chi connectivity index (χ2n) is 4.95. The quantitative estimate of drug-likeness (QED) is 0.619. The first kappa shape index (κ1) is 14.4. The molecule has 0 bridgehead atoms. The molecule has 4 nitrogen and oxygen atoms in total. The molecule has 1 aromatic rings. The minimum absolute atomic E-state index is 0.0849. The lowest BCUT2D eigenvalue weighted by atomic mass is 10.1. The fourth-order valence-electron chi connectivity index (χ4n) is 2.38. The Morgan fingerprint density at radius 3 is 2.95 bits per heavy atom. The van der Waals surface area contributed by atoms with Gasteiger partial charge in [0.05, 0.1) is 12.3 Å². The van der Waals surface area contributed by atoms with Gasteiger partial charge in [-0.1, -0.05) is 11.6 Å². The van der Waals surface area contributed by atoms with Gasteiger partial charge in [-0.2, -0.15) is 0 Å². The maximum atomic E-state index is 12.0. The van der Waals surface area contributed by atoms with Gasteiger partial charge in [-0.3, -0.25) is 4.79 Å². The average molecular weight is 274 g/mol. The van der Waals surface area contributed by atoms with Gasteiger partial charge in [0.2, 0.25) is 0 Å². The van der Waals surface area contributed by atoms with Crippen molar-refractivity contribution in [3.63, 3.8) is 0 Å². The van der Waals surface area contributed by atoms with Crippen LogP contribution in [0, 0.1) is 0 Å². The Bertz CT molecular complexity index is 509. The maximum Gasteiger partial charge on any atom is 0.251 e. The fourth-order valence-corrected chi connectivity index (χ4v) is 2.38. The van der Waals surface area contributed by atoms with Crippen molar-refractivity contribution >= 4 is 11.6 Å². The van der Waals surface area contributed by atoms with E-state index in [1.165, 1.54) is 24.8 Å². The van der Waals surface area contributed by atoms with Crippen LogP contribution in [-0.2, 0) is 0 Å². The van der Waals surface area contributed by atoms with Crippen molar-refractivity contribution in [2.24, 2.45) is 0 Å². The summed E-state index contributed by atoms with van der Waals surface area (Å²) in [5, 5.41) is 2.93. The molecule has 0 heterocycles. The summed E-state index contributed by atoms with van der Waals surface area (Å²) in [5.74, 6) is 0.540. The summed E-state index contributed by atoms with van der Waals surface area (Å²) in [4.78, 5) is 12.0. The predicted octanol–water partition coefficient (Wildman–Crippen LogP) is 2.90. The summed E-state index contributed by atoms with van der Waals surface area (Å²) in [6.45, 7) is 3.14. The first-order valence-electron chi connectivity index (χ1n) is 7.19. The van der Waals surface area contributed by atoms with Crippen molar-refractivity contribution in [3.05, 3.63) is 35.4 Å². The van der Waals surface area contributed by atoms with Gasteiger partial charge in [0.15, 0.2) is 0 Å². The Kier molecular flexibility index (Phi) is 5.04. The van der Waals surface area contributed by atoms with E-state index in [0.29, 0.717) is 30.2 Å². The number of ether oxygens (including phenoxy) is 1.